The van der Waals surface area contributed by atoms with Gasteiger partial charge in [0.15, 0.2) is 5.54 Å². The minimum atomic E-state index is -1.70. The third kappa shape index (κ3) is 1.66. The molecule has 6 nitrogen and oxygen atoms in total. The fourth-order valence-corrected chi connectivity index (χ4v) is 2.07. The van der Waals surface area contributed by atoms with Crippen LogP contribution in [0.4, 0.5) is 0 Å². The molecule has 94 valence electrons. The molecule has 1 fully saturated rings. The minimum Gasteiger partial charge on any atom is -0.479 e. The molecular formula is C12H12N2O4. The summed E-state index contributed by atoms with van der Waals surface area (Å²) in [5.74, 6) is -2.18. The lowest BCUT2D eigenvalue weighted by molar-refractivity contribution is -0.162. The summed E-state index contributed by atoms with van der Waals surface area (Å²) in [6.45, 7) is 1.34. The summed E-state index contributed by atoms with van der Waals surface area (Å²) >= 11 is 0. The highest BCUT2D eigenvalue weighted by Crippen LogP contribution is 2.32. The number of carboxylic acids is 1. The molecule has 0 saturated carbocycles. The number of nitrogens with zero attached hydrogens (tertiary/aromatic N) is 2. The van der Waals surface area contributed by atoms with E-state index < -0.39 is 23.3 Å². The number of hydrogen-bond donors (Lipinski definition) is 1. The van der Waals surface area contributed by atoms with E-state index in [0.29, 0.717) is 5.56 Å². The summed E-state index contributed by atoms with van der Waals surface area (Å²) < 4.78 is 0. The standard InChI is InChI=1S/C12H12N2O4/c1-12(11(17)18,8-3-2-6-13-7-8)14-9(15)4-5-10(14)16/h2-3,6-7H,4-5H2,1H3,(H,17,18). The van der Waals surface area contributed by atoms with E-state index in [4.69, 9.17) is 0 Å². The van der Waals surface area contributed by atoms with Crippen LogP contribution in [0.25, 0.3) is 0 Å². The van der Waals surface area contributed by atoms with E-state index in [0.717, 1.165) is 4.90 Å². The van der Waals surface area contributed by atoms with Crippen LogP contribution in [0.5, 0.6) is 0 Å². The molecule has 1 aromatic heterocycles. The minimum absolute atomic E-state index is 0.0575. The van der Waals surface area contributed by atoms with Crippen molar-refractivity contribution in [3.63, 3.8) is 0 Å². The van der Waals surface area contributed by atoms with Crippen molar-refractivity contribution in [2.75, 3.05) is 0 Å². The third-order valence-corrected chi connectivity index (χ3v) is 3.14. The van der Waals surface area contributed by atoms with Crippen LogP contribution in [-0.2, 0) is 19.9 Å². The number of hydrogen-bond acceptors (Lipinski definition) is 4. The number of amides is 2. The van der Waals surface area contributed by atoms with Crippen molar-refractivity contribution in [1.82, 2.24) is 9.88 Å². The fraction of sp³-hybridized carbons (Fsp3) is 0.333. The number of imide groups is 1. The van der Waals surface area contributed by atoms with Crippen molar-refractivity contribution in [2.24, 2.45) is 0 Å². The Bertz CT molecular complexity index is 498. The predicted molar refractivity (Wildman–Crippen MR) is 60.3 cm³/mol. The molecule has 6 heteroatoms. The van der Waals surface area contributed by atoms with Gasteiger partial charge in [0, 0.05) is 30.8 Å². The van der Waals surface area contributed by atoms with Gasteiger partial charge < -0.3 is 5.11 Å². The first kappa shape index (κ1) is 12.2. The molecule has 1 aliphatic heterocycles. The summed E-state index contributed by atoms with van der Waals surface area (Å²) in [4.78, 5) is 39.7. The van der Waals surface area contributed by atoms with Gasteiger partial charge in [-0.25, -0.2) is 4.79 Å². The molecule has 18 heavy (non-hydrogen) atoms. The molecule has 1 aliphatic rings. The van der Waals surface area contributed by atoms with Crippen molar-refractivity contribution in [2.45, 2.75) is 25.3 Å². The van der Waals surface area contributed by atoms with Crippen LogP contribution < -0.4 is 0 Å². The van der Waals surface area contributed by atoms with Gasteiger partial charge in [-0.3, -0.25) is 19.5 Å². The number of aliphatic carboxylic acids is 1. The Morgan fingerprint density at radius 3 is 2.44 bits per heavy atom. The number of carbonyl (C=O) groups excluding carboxylic acids is 2. The van der Waals surface area contributed by atoms with Crippen molar-refractivity contribution >= 4 is 17.8 Å². The number of pyridine rings is 1. The summed E-state index contributed by atoms with van der Waals surface area (Å²) in [5.41, 5.74) is -1.39. The number of carboxylic acid groups (broad SMARTS) is 1. The second kappa shape index (κ2) is 4.21. The number of likely N-dealkylation sites (tertiary alicyclic amines) is 1. The Balaban J connectivity index is 2.55. The first-order valence-corrected chi connectivity index (χ1v) is 5.47. The van der Waals surface area contributed by atoms with Crippen LogP contribution in [0.3, 0.4) is 0 Å². The van der Waals surface area contributed by atoms with Crippen molar-refractivity contribution in [1.29, 1.82) is 0 Å². The second-order valence-electron chi connectivity index (χ2n) is 4.24. The van der Waals surface area contributed by atoms with Crippen LogP contribution >= 0.6 is 0 Å². The molecule has 2 heterocycles. The van der Waals surface area contributed by atoms with Gasteiger partial charge in [-0.05, 0) is 13.0 Å². The third-order valence-electron chi connectivity index (χ3n) is 3.14. The van der Waals surface area contributed by atoms with Gasteiger partial charge in [0.05, 0.1) is 0 Å². The van der Waals surface area contributed by atoms with Crippen LogP contribution in [0.1, 0.15) is 25.3 Å². The molecule has 1 N–H and O–H groups in total. The number of aromatic nitrogens is 1. The number of rotatable bonds is 3. The molecule has 0 bridgehead atoms. The summed E-state index contributed by atoms with van der Waals surface area (Å²) in [6.07, 6.45) is 2.97. The molecule has 0 aliphatic carbocycles. The van der Waals surface area contributed by atoms with Gasteiger partial charge in [0.25, 0.3) is 0 Å². The molecule has 0 radical (unpaired) electrons. The van der Waals surface area contributed by atoms with Crippen molar-refractivity contribution in [3.8, 4) is 0 Å². The first-order valence-electron chi connectivity index (χ1n) is 5.47. The summed E-state index contributed by atoms with van der Waals surface area (Å²) in [7, 11) is 0. The second-order valence-corrected chi connectivity index (χ2v) is 4.24. The van der Waals surface area contributed by atoms with E-state index in [1.165, 1.54) is 19.3 Å². The van der Waals surface area contributed by atoms with Crippen LogP contribution in [0, 0.1) is 0 Å². The van der Waals surface area contributed by atoms with Gasteiger partial charge in [-0.15, -0.1) is 0 Å². The topological polar surface area (TPSA) is 87.6 Å². The summed E-state index contributed by atoms with van der Waals surface area (Å²) in [5, 5.41) is 9.41. The fourth-order valence-electron chi connectivity index (χ4n) is 2.07. The SMILES string of the molecule is CC(C(=O)O)(c1cccnc1)N1C(=O)CCC1=O. The first-order chi connectivity index (χ1) is 8.48. The highest BCUT2D eigenvalue weighted by atomic mass is 16.4. The zero-order valence-electron chi connectivity index (χ0n) is 9.79. The largest absolute Gasteiger partial charge is 0.479 e. The molecular weight excluding hydrogens is 236 g/mol. The van der Waals surface area contributed by atoms with Crippen LogP contribution in [0.15, 0.2) is 24.5 Å². The molecule has 0 spiro atoms. The Labute approximate surface area is 103 Å². The van der Waals surface area contributed by atoms with Crippen molar-refractivity contribution in [3.05, 3.63) is 30.1 Å². The molecule has 0 aromatic carbocycles. The van der Waals surface area contributed by atoms with E-state index in [-0.39, 0.29) is 12.8 Å². The lowest BCUT2D eigenvalue weighted by Crippen LogP contribution is -2.52. The van der Waals surface area contributed by atoms with E-state index in [1.54, 1.807) is 12.1 Å². The molecule has 1 saturated heterocycles. The van der Waals surface area contributed by atoms with E-state index in [2.05, 4.69) is 4.98 Å². The van der Waals surface area contributed by atoms with E-state index in [9.17, 15) is 19.5 Å². The molecule has 1 unspecified atom stereocenters. The monoisotopic (exact) mass is 248 g/mol. The summed E-state index contributed by atoms with van der Waals surface area (Å²) in [6, 6.07) is 3.11. The average molecular weight is 248 g/mol. The highest BCUT2D eigenvalue weighted by Gasteiger charge is 2.49. The van der Waals surface area contributed by atoms with Gasteiger partial charge >= 0.3 is 5.97 Å². The normalized spacial score (nSPS) is 18.8. The Hall–Kier alpha value is -2.24. The lowest BCUT2D eigenvalue weighted by Gasteiger charge is -2.33. The maximum Gasteiger partial charge on any atom is 0.334 e. The zero-order chi connectivity index (χ0) is 13.3. The Morgan fingerprint density at radius 2 is 2.00 bits per heavy atom. The smallest absolute Gasteiger partial charge is 0.334 e. The van der Waals surface area contributed by atoms with Gasteiger partial charge in [0.1, 0.15) is 0 Å². The molecule has 1 aromatic rings. The lowest BCUT2D eigenvalue weighted by atomic mass is 9.91. The number of carbonyl (C=O) groups is 3. The Morgan fingerprint density at radius 1 is 1.39 bits per heavy atom. The maximum absolute atomic E-state index is 11.7. The van der Waals surface area contributed by atoms with Crippen LogP contribution in [0.2, 0.25) is 0 Å². The van der Waals surface area contributed by atoms with E-state index >= 15 is 0 Å². The Kier molecular flexibility index (Phi) is 2.86. The molecule has 2 amide bonds. The quantitative estimate of drug-likeness (QED) is 0.788. The highest BCUT2D eigenvalue weighted by molar-refractivity contribution is 6.06. The maximum atomic E-state index is 11.7. The van der Waals surface area contributed by atoms with Crippen LogP contribution in [-0.4, -0.2) is 32.8 Å². The van der Waals surface area contributed by atoms with Gasteiger partial charge in [0.2, 0.25) is 11.8 Å². The molecule has 1 atom stereocenters. The average Bonchev–Trinajstić information content (AvgIpc) is 2.69. The van der Waals surface area contributed by atoms with Crippen molar-refractivity contribution < 1.29 is 19.5 Å². The zero-order valence-corrected chi connectivity index (χ0v) is 9.79. The van der Waals surface area contributed by atoms with Gasteiger partial charge in [-0.1, -0.05) is 6.07 Å². The predicted octanol–water partition coefficient (Wildman–Crippen LogP) is 0.530. The van der Waals surface area contributed by atoms with Gasteiger partial charge in [-0.2, -0.15) is 0 Å². The van der Waals surface area contributed by atoms with E-state index in [1.807, 2.05) is 0 Å². The molecule has 2 rings (SSSR count).